The summed E-state index contributed by atoms with van der Waals surface area (Å²) < 4.78 is 32.0. The van der Waals surface area contributed by atoms with Crippen LogP contribution in [0, 0.1) is 5.92 Å². The second-order valence-electron chi connectivity index (χ2n) is 7.63. The van der Waals surface area contributed by atoms with Gasteiger partial charge in [-0.2, -0.15) is 4.31 Å². The summed E-state index contributed by atoms with van der Waals surface area (Å²) in [5, 5.41) is 0. The first-order valence-electron chi connectivity index (χ1n) is 9.44. The number of hydrogen-bond acceptors (Lipinski definition) is 4. The zero-order valence-corrected chi connectivity index (χ0v) is 16.0. The van der Waals surface area contributed by atoms with Gasteiger partial charge < -0.3 is 4.74 Å². The minimum Gasteiger partial charge on any atom is -0.494 e. The van der Waals surface area contributed by atoms with Crippen LogP contribution in [-0.2, 0) is 16.4 Å². The lowest BCUT2D eigenvalue weighted by Crippen LogP contribution is -2.57. The van der Waals surface area contributed by atoms with Crippen molar-refractivity contribution in [3.8, 4) is 5.75 Å². The van der Waals surface area contributed by atoms with Crippen LogP contribution in [0.25, 0.3) is 0 Å². The monoisotopic (exact) mass is 364 g/mol. The summed E-state index contributed by atoms with van der Waals surface area (Å²) in [7, 11) is -3.13. The van der Waals surface area contributed by atoms with Gasteiger partial charge in [0.25, 0.3) is 0 Å². The molecule has 0 saturated carbocycles. The van der Waals surface area contributed by atoms with Gasteiger partial charge in [0.05, 0.1) is 12.9 Å². The normalized spacial score (nSPS) is 30.2. The number of rotatable bonds is 3. The van der Waals surface area contributed by atoms with Gasteiger partial charge in [0.2, 0.25) is 10.0 Å². The van der Waals surface area contributed by atoms with E-state index in [4.69, 9.17) is 4.74 Å². The van der Waals surface area contributed by atoms with E-state index in [1.54, 1.807) is 4.31 Å². The van der Waals surface area contributed by atoms with Crippen molar-refractivity contribution >= 4 is 10.0 Å². The number of benzene rings is 1. The van der Waals surface area contributed by atoms with Crippen molar-refractivity contribution in [3.05, 3.63) is 29.3 Å². The molecule has 2 saturated heterocycles. The van der Waals surface area contributed by atoms with Crippen molar-refractivity contribution in [1.82, 2.24) is 9.21 Å². The van der Waals surface area contributed by atoms with Crippen molar-refractivity contribution in [3.63, 3.8) is 0 Å². The fraction of sp³-hybridized carbons (Fsp3) is 0.684. The molecule has 0 aromatic heterocycles. The van der Waals surface area contributed by atoms with Gasteiger partial charge in [0.1, 0.15) is 5.75 Å². The van der Waals surface area contributed by atoms with Crippen LogP contribution in [0.4, 0.5) is 0 Å². The van der Waals surface area contributed by atoms with Gasteiger partial charge in [0, 0.05) is 31.7 Å². The molecular formula is C19H28N2O3S. The summed E-state index contributed by atoms with van der Waals surface area (Å²) in [6, 6.07) is 6.93. The number of hydrogen-bond donors (Lipinski definition) is 0. The molecule has 0 radical (unpaired) electrons. The van der Waals surface area contributed by atoms with E-state index < -0.39 is 10.0 Å². The zero-order valence-electron chi connectivity index (χ0n) is 15.1. The van der Waals surface area contributed by atoms with Crippen LogP contribution in [0.3, 0.4) is 0 Å². The molecule has 1 aromatic carbocycles. The molecule has 4 rings (SSSR count). The van der Waals surface area contributed by atoms with Crippen LogP contribution in [-0.4, -0.2) is 56.2 Å². The Morgan fingerprint density at radius 2 is 2.12 bits per heavy atom. The molecule has 25 heavy (non-hydrogen) atoms. The number of nitrogens with zero attached hydrogens (tertiary/aromatic N) is 2. The lowest BCUT2D eigenvalue weighted by atomic mass is 9.77. The van der Waals surface area contributed by atoms with Crippen molar-refractivity contribution in [1.29, 1.82) is 0 Å². The maximum atomic E-state index is 12.3. The van der Waals surface area contributed by atoms with Crippen LogP contribution in [0.5, 0.6) is 5.75 Å². The lowest BCUT2D eigenvalue weighted by molar-refractivity contribution is 0.0222. The molecule has 0 amide bonds. The van der Waals surface area contributed by atoms with Crippen molar-refractivity contribution in [2.75, 3.05) is 32.5 Å². The first kappa shape index (κ1) is 17.3. The Hall–Kier alpha value is -1.11. The summed E-state index contributed by atoms with van der Waals surface area (Å²) in [5.74, 6) is 1.42. The Bertz CT molecular complexity index is 749. The van der Waals surface area contributed by atoms with Crippen molar-refractivity contribution < 1.29 is 13.2 Å². The van der Waals surface area contributed by atoms with E-state index in [1.807, 2.05) is 6.92 Å². The highest BCUT2D eigenvalue weighted by atomic mass is 32.2. The van der Waals surface area contributed by atoms with Gasteiger partial charge in [-0.15, -0.1) is 0 Å². The third-order valence-corrected chi connectivity index (χ3v) is 7.43. The Morgan fingerprint density at radius 3 is 2.88 bits per heavy atom. The van der Waals surface area contributed by atoms with Gasteiger partial charge in [0.15, 0.2) is 0 Å². The quantitative estimate of drug-likeness (QED) is 0.827. The topological polar surface area (TPSA) is 49.9 Å². The molecule has 3 heterocycles. The third kappa shape index (κ3) is 3.20. The van der Waals surface area contributed by atoms with E-state index in [1.165, 1.54) is 17.4 Å². The summed E-state index contributed by atoms with van der Waals surface area (Å²) in [5.41, 5.74) is 2.74. The molecule has 1 aromatic rings. The number of sulfonamides is 1. The van der Waals surface area contributed by atoms with E-state index in [9.17, 15) is 8.42 Å². The first-order valence-corrected chi connectivity index (χ1v) is 11.3. The first-order chi connectivity index (χ1) is 12.0. The molecular weight excluding hydrogens is 336 g/mol. The summed E-state index contributed by atoms with van der Waals surface area (Å²) in [4.78, 5) is 2.58. The van der Waals surface area contributed by atoms with E-state index in [0.717, 1.165) is 44.5 Å². The molecule has 0 aliphatic carbocycles. The molecule has 3 atom stereocenters. The van der Waals surface area contributed by atoms with E-state index in [2.05, 4.69) is 23.1 Å². The summed E-state index contributed by atoms with van der Waals surface area (Å²) in [6.07, 6.45) is 5.47. The largest absolute Gasteiger partial charge is 0.494 e. The highest BCUT2D eigenvalue weighted by molar-refractivity contribution is 7.88. The Labute approximate surface area is 151 Å². The molecule has 0 bridgehead atoms. The predicted octanol–water partition coefficient (Wildman–Crippen LogP) is 2.43. The van der Waals surface area contributed by atoms with Crippen LogP contribution in [0.2, 0.25) is 0 Å². The van der Waals surface area contributed by atoms with Crippen LogP contribution in [0.1, 0.15) is 43.4 Å². The van der Waals surface area contributed by atoms with Gasteiger partial charge in [-0.1, -0.05) is 6.07 Å². The minimum atomic E-state index is -3.13. The number of fused-ring (bicyclic) bond motifs is 4. The Kier molecular flexibility index (Phi) is 4.54. The fourth-order valence-corrected chi connectivity index (χ4v) is 6.27. The summed E-state index contributed by atoms with van der Waals surface area (Å²) in [6.45, 7) is 5.46. The molecule has 5 nitrogen and oxygen atoms in total. The molecule has 3 aliphatic heterocycles. The lowest BCUT2D eigenvalue weighted by Gasteiger charge is -2.51. The van der Waals surface area contributed by atoms with E-state index in [-0.39, 0.29) is 6.04 Å². The van der Waals surface area contributed by atoms with Gasteiger partial charge in [-0.25, -0.2) is 8.42 Å². The van der Waals surface area contributed by atoms with Crippen LogP contribution < -0.4 is 4.74 Å². The molecule has 0 spiro atoms. The average molecular weight is 365 g/mol. The molecule has 138 valence electrons. The maximum absolute atomic E-state index is 12.3. The second kappa shape index (κ2) is 6.56. The smallest absolute Gasteiger partial charge is 0.211 e. The van der Waals surface area contributed by atoms with Gasteiger partial charge in [-0.05, 0) is 61.8 Å². The molecule has 0 unspecified atom stereocenters. The minimum absolute atomic E-state index is 0.155. The van der Waals surface area contributed by atoms with Crippen LogP contribution >= 0.6 is 0 Å². The Morgan fingerprint density at radius 1 is 1.28 bits per heavy atom. The van der Waals surface area contributed by atoms with E-state index >= 15 is 0 Å². The van der Waals surface area contributed by atoms with Crippen LogP contribution in [0.15, 0.2) is 18.2 Å². The number of piperidine rings is 2. The molecule has 6 heteroatoms. The zero-order chi connectivity index (χ0) is 17.6. The highest BCUT2D eigenvalue weighted by Gasteiger charge is 2.44. The average Bonchev–Trinajstić information content (AvgIpc) is 2.58. The standard InChI is InChI=1S/C19H28N2O3S/c1-3-24-16-6-7-17-14(11-16)8-10-20-13-15-5-4-9-21(25(2,22)23)18(15)12-19(17)20/h6-7,11,15,18-19H,3-5,8-10,12-13H2,1-2H3/t15-,18+,19-/m1/s1. The highest BCUT2D eigenvalue weighted by Crippen LogP contribution is 2.43. The number of ether oxygens (including phenoxy) is 1. The fourth-order valence-electron chi connectivity index (χ4n) is 5.06. The van der Waals surface area contributed by atoms with E-state index in [0.29, 0.717) is 25.1 Å². The van der Waals surface area contributed by atoms with Gasteiger partial charge in [-0.3, -0.25) is 4.90 Å². The predicted molar refractivity (Wildman–Crippen MR) is 98.3 cm³/mol. The third-order valence-electron chi connectivity index (χ3n) is 6.12. The Balaban J connectivity index is 1.63. The van der Waals surface area contributed by atoms with Crippen molar-refractivity contribution in [2.45, 2.75) is 44.7 Å². The molecule has 0 N–H and O–H groups in total. The maximum Gasteiger partial charge on any atom is 0.211 e. The second-order valence-corrected chi connectivity index (χ2v) is 9.57. The molecule has 3 aliphatic rings. The molecule has 2 fully saturated rings. The van der Waals surface area contributed by atoms with Gasteiger partial charge >= 0.3 is 0 Å². The SMILES string of the molecule is CCOc1ccc2c(c1)CCN1C[C@H]3CCCN(S(C)(=O)=O)[C@H]3C[C@H]21. The van der Waals surface area contributed by atoms with Crippen molar-refractivity contribution in [2.24, 2.45) is 5.92 Å². The summed E-state index contributed by atoms with van der Waals surface area (Å²) >= 11 is 0.